The van der Waals surface area contributed by atoms with Crippen molar-refractivity contribution >= 4 is 29.5 Å². The Hall–Kier alpha value is -1.24. The van der Waals surface area contributed by atoms with Crippen molar-refractivity contribution < 1.29 is 19.5 Å². The molecule has 1 N–H and O–H groups in total. The molecule has 2 amide bonds. The summed E-state index contributed by atoms with van der Waals surface area (Å²) >= 11 is 1.56. The van der Waals surface area contributed by atoms with Crippen molar-refractivity contribution in [2.45, 2.75) is 32.7 Å². The van der Waals surface area contributed by atoms with Gasteiger partial charge in [0.25, 0.3) is 0 Å². The lowest BCUT2D eigenvalue weighted by Crippen LogP contribution is -2.49. The number of hydrogen-bond donors (Lipinski definition) is 1. The van der Waals surface area contributed by atoms with Gasteiger partial charge in [-0.15, -0.1) is 11.8 Å². The summed E-state index contributed by atoms with van der Waals surface area (Å²) in [6.45, 7) is 3.98. The second-order valence-electron chi connectivity index (χ2n) is 5.04. The third-order valence-electron chi connectivity index (χ3n) is 3.52. The largest absolute Gasteiger partial charge is 0.481 e. The highest BCUT2D eigenvalue weighted by Crippen LogP contribution is 2.24. The summed E-state index contributed by atoms with van der Waals surface area (Å²) in [6, 6.07) is -0.458. The number of rotatable bonds is 6. The molecule has 0 radical (unpaired) electrons. The molecule has 0 aliphatic carbocycles. The molecule has 0 aromatic carbocycles. The predicted octanol–water partition coefficient (Wildman–Crippen LogP) is 0.867. The topological polar surface area (TPSA) is 77.9 Å². The molecular formula is C13H22N2O4S. The highest BCUT2D eigenvalue weighted by atomic mass is 32.2. The van der Waals surface area contributed by atoms with Gasteiger partial charge in [-0.3, -0.25) is 14.4 Å². The minimum atomic E-state index is -0.932. The van der Waals surface area contributed by atoms with Crippen LogP contribution in [0.5, 0.6) is 0 Å². The molecule has 2 atom stereocenters. The van der Waals surface area contributed by atoms with Gasteiger partial charge in [-0.05, 0) is 6.42 Å². The molecule has 0 bridgehead atoms. The van der Waals surface area contributed by atoms with E-state index in [9.17, 15) is 14.4 Å². The van der Waals surface area contributed by atoms with Crippen molar-refractivity contribution in [2.24, 2.45) is 5.92 Å². The van der Waals surface area contributed by atoms with Crippen LogP contribution in [-0.4, -0.2) is 64.0 Å². The molecule has 1 rings (SSSR count). The minimum Gasteiger partial charge on any atom is -0.481 e. The molecule has 1 aliphatic heterocycles. The zero-order valence-corrected chi connectivity index (χ0v) is 13.0. The van der Waals surface area contributed by atoms with Gasteiger partial charge in [0.1, 0.15) is 6.04 Å². The molecule has 1 fully saturated rings. The summed E-state index contributed by atoms with van der Waals surface area (Å²) < 4.78 is 0. The maximum atomic E-state index is 12.3. The van der Waals surface area contributed by atoms with Gasteiger partial charge in [-0.25, -0.2) is 0 Å². The zero-order valence-electron chi connectivity index (χ0n) is 12.2. The molecule has 1 heterocycles. The summed E-state index contributed by atoms with van der Waals surface area (Å²) in [4.78, 5) is 38.1. The number of carboxylic acids is 1. The van der Waals surface area contributed by atoms with Crippen LogP contribution in [0.4, 0.5) is 0 Å². The fourth-order valence-corrected chi connectivity index (χ4v) is 3.11. The second kappa shape index (κ2) is 7.52. The average Bonchev–Trinajstić information content (AvgIpc) is 2.91. The fraction of sp³-hybridized carbons (Fsp3) is 0.769. The number of likely N-dealkylation sites (N-methyl/N-ethyl adjacent to an activating group) is 1. The van der Waals surface area contributed by atoms with Crippen LogP contribution in [0.25, 0.3) is 0 Å². The van der Waals surface area contributed by atoms with Gasteiger partial charge < -0.3 is 14.9 Å². The van der Waals surface area contributed by atoms with Crippen LogP contribution >= 0.6 is 11.8 Å². The molecule has 1 aliphatic rings. The normalized spacial score (nSPS) is 19.8. The molecule has 2 unspecified atom stereocenters. The van der Waals surface area contributed by atoms with Crippen LogP contribution in [0, 0.1) is 5.92 Å². The van der Waals surface area contributed by atoms with Crippen LogP contribution in [0.1, 0.15) is 26.7 Å². The van der Waals surface area contributed by atoms with E-state index < -0.39 is 12.0 Å². The van der Waals surface area contributed by atoms with Crippen molar-refractivity contribution in [3.05, 3.63) is 0 Å². The van der Waals surface area contributed by atoms with Gasteiger partial charge in [0, 0.05) is 25.3 Å². The number of aliphatic carboxylic acids is 1. The van der Waals surface area contributed by atoms with Gasteiger partial charge in [0.05, 0.1) is 12.3 Å². The third-order valence-corrected chi connectivity index (χ3v) is 4.53. The minimum absolute atomic E-state index is 0.00230. The lowest BCUT2D eigenvalue weighted by Gasteiger charge is -2.28. The summed E-state index contributed by atoms with van der Waals surface area (Å²) in [5.41, 5.74) is 0. The molecule has 0 spiro atoms. The molecule has 20 heavy (non-hydrogen) atoms. The maximum absolute atomic E-state index is 12.3. The van der Waals surface area contributed by atoms with E-state index in [1.807, 2.05) is 13.8 Å². The van der Waals surface area contributed by atoms with Crippen LogP contribution in [0.15, 0.2) is 0 Å². The Morgan fingerprint density at radius 2 is 2.10 bits per heavy atom. The van der Waals surface area contributed by atoms with Crippen molar-refractivity contribution in [1.29, 1.82) is 0 Å². The molecule has 7 heteroatoms. The predicted molar refractivity (Wildman–Crippen MR) is 77.3 cm³/mol. The van der Waals surface area contributed by atoms with E-state index in [0.717, 1.165) is 6.42 Å². The van der Waals surface area contributed by atoms with Gasteiger partial charge >= 0.3 is 5.97 Å². The van der Waals surface area contributed by atoms with E-state index in [0.29, 0.717) is 11.6 Å². The Morgan fingerprint density at radius 1 is 1.45 bits per heavy atom. The van der Waals surface area contributed by atoms with E-state index in [4.69, 9.17) is 5.11 Å². The van der Waals surface area contributed by atoms with Crippen LogP contribution < -0.4 is 0 Å². The van der Waals surface area contributed by atoms with E-state index in [1.54, 1.807) is 23.7 Å². The smallest absolute Gasteiger partial charge is 0.305 e. The Morgan fingerprint density at radius 3 is 2.65 bits per heavy atom. The first-order valence-electron chi connectivity index (χ1n) is 6.73. The number of carboxylic acid groups (broad SMARTS) is 1. The SMILES string of the molecule is CCC(C)C(=O)N1CSCC1C(=O)N(C)CCC(=O)O. The molecule has 6 nitrogen and oxygen atoms in total. The Labute approximate surface area is 123 Å². The van der Waals surface area contributed by atoms with E-state index >= 15 is 0 Å². The summed E-state index contributed by atoms with van der Waals surface area (Å²) in [5.74, 6) is -0.0770. The Bertz CT molecular complexity index is 389. The number of amides is 2. The molecule has 114 valence electrons. The number of nitrogens with zero attached hydrogens (tertiary/aromatic N) is 2. The first-order valence-corrected chi connectivity index (χ1v) is 7.88. The number of thioether (sulfide) groups is 1. The lowest BCUT2D eigenvalue weighted by molar-refractivity contribution is -0.145. The molecular weight excluding hydrogens is 280 g/mol. The van der Waals surface area contributed by atoms with Crippen molar-refractivity contribution in [2.75, 3.05) is 25.2 Å². The summed E-state index contributed by atoms with van der Waals surface area (Å²) in [5, 5.41) is 8.65. The van der Waals surface area contributed by atoms with Crippen molar-refractivity contribution in [3.63, 3.8) is 0 Å². The second-order valence-corrected chi connectivity index (χ2v) is 6.04. The summed E-state index contributed by atoms with van der Waals surface area (Å²) in [6.07, 6.45) is 0.664. The quantitative estimate of drug-likeness (QED) is 0.787. The number of carbonyl (C=O) groups excluding carboxylic acids is 2. The summed E-state index contributed by atoms with van der Waals surface area (Å²) in [7, 11) is 1.58. The number of carbonyl (C=O) groups is 3. The zero-order chi connectivity index (χ0) is 15.3. The highest BCUT2D eigenvalue weighted by molar-refractivity contribution is 7.99. The fourth-order valence-electron chi connectivity index (χ4n) is 1.95. The van der Waals surface area contributed by atoms with E-state index in [-0.39, 0.29) is 30.7 Å². The van der Waals surface area contributed by atoms with Gasteiger partial charge in [0.15, 0.2) is 0 Å². The van der Waals surface area contributed by atoms with E-state index in [1.165, 1.54) is 4.90 Å². The first-order chi connectivity index (χ1) is 9.38. The van der Waals surface area contributed by atoms with Gasteiger partial charge in [-0.2, -0.15) is 0 Å². The molecule has 0 saturated carbocycles. The maximum Gasteiger partial charge on any atom is 0.305 e. The van der Waals surface area contributed by atoms with Crippen LogP contribution in [0.2, 0.25) is 0 Å². The molecule has 1 saturated heterocycles. The average molecular weight is 302 g/mol. The molecule has 0 aromatic rings. The Balaban J connectivity index is 2.66. The van der Waals surface area contributed by atoms with Crippen molar-refractivity contribution in [3.8, 4) is 0 Å². The van der Waals surface area contributed by atoms with Gasteiger partial charge in [-0.1, -0.05) is 13.8 Å². The van der Waals surface area contributed by atoms with E-state index in [2.05, 4.69) is 0 Å². The third kappa shape index (κ3) is 4.13. The molecule has 0 aromatic heterocycles. The monoisotopic (exact) mass is 302 g/mol. The number of hydrogen-bond acceptors (Lipinski definition) is 4. The lowest BCUT2D eigenvalue weighted by atomic mass is 10.1. The first kappa shape index (κ1) is 16.8. The Kier molecular flexibility index (Phi) is 6.32. The highest BCUT2D eigenvalue weighted by Gasteiger charge is 2.37. The standard InChI is InChI=1S/C13H22N2O4S/c1-4-9(2)12(18)15-8-20-7-10(15)13(19)14(3)6-5-11(16)17/h9-10H,4-8H2,1-3H3,(H,16,17). The van der Waals surface area contributed by atoms with Gasteiger partial charge in [0.2, 0.25) is 11.8 Å². The van der Waals surface area contributed by atoms with Crippen LogP contribution in [0.3, 0.4) is 0 Å². The van der Waals surface area contributed by atoms with Crippen LogP contribution in [-0.2, 0) is 14.4 Å². The van der Waals surface area contributed by atoms with Crippen molar-refractivity contribution in [1.82, 2.24) is 9.80 Å².